The molecule has 3 aliphatic heterocycles. The van der Waals surface area contributed by atoms with Gasteiger partial charge in [0.1, 0.15) is 5.75 Å². The van der Waals surface area contributed by atoms with Gasteiger partial charge in [0.15, 0.2) is 0 Å². The number of hydrogen-bond acceptors (Lipinski definition) is 5. The molecular weight excluding hydrogens is 300 g/mol. The topological polar surface area (TPSA) is 84.9 Å². The number of hydrogen-bond donors (Lipinski definition) is 1. The molecule has 2 saturated heterocycles. The fraction of sp³-hybridized carbons (Fsp3) is 0.312. The third-order valence-electron chi connectivity index (χ3n) is 4.48. The van der Waals surface area contributed by atoms with E-state index in [4.69, 9.17) is 9.47 Å². The molecular formula is C16H14N2O5. The minimum Gasteiger partial charge on any atom is -0.497 e. The number of carbonyl (C=O) groups is 3. The van der Waals surface area contributed by atoms with Crippen molar-refractivity contribution in [2.45, 2.75) is 12.2 Å². The van der Waals surface area contributed by atoms with Crippen LogP contribution in [0.3, 0.4) is 0 Å². The lowest BCUT2D eigenvalue weighted by Crippen LogP contribution is -2.47. The van der Waals surface area contributed by atoms with Crippen LogP contribution in [0.2, 0.25) is 0 Å². The number of benzene rings is 1. The summed E-state index contributed by atoms with van der Waals surface area (Å²) in [5.74, 6) is -1.81. The van der Waals surface area contributed by atoms with Crippen molar-refractivity contribution < 1.29 is 23.9 Å². The molecule has 3 amide bonds. The van der Waals surface area contributed by atoms with E-state index in [1.807, 2.05) is 0 Å². The second-order valence-corrected chi connectivity index (χ2v) is 5.68. The smallest absolute Gasteiger partial charge is 0.270 e. The average molecular weight is 314 g/mol. The van der Waals surface area contributed by atoms with Gasteiger partial charge in [0.05, 0.1) is 31.2 Å². The third-order valence-corrected chi connectivity index (χ3v) is 4.48. The molecule has 7 nitrogen and oxygen atoms in total. The third kappa shape index (κ3) is 1.97. The Balaban J connectivity index is 1.52. The van der Waals surface area contributed by atoms with Crippen molar-refractivity contribution in [1.82, 2.24) is 10.4 Å². The zero-order valence-electron chi connectivity index (χ0n) is 12.3. The van der Waals surface area contributed by atoms with Crippen LogP contribution in [-0.4, -0.2) is 42.0 Å². The van der Waals surface area contributed by atoms with E-state index in [1.165, 1.54) is 7.11 Å². The van der Waals surface area contributed by atoms with Gasteiger partial charge in [-0.3, -0.25) is 19.8 Å². The number of amides is 3. The molecule has 4 rings (SSSR count). The molecule has 23 heavy (non-hydrogen) atoms. The highest BCUT2D eigenvalue weighted by Gasteiger charge is 2.61. The highest BCUT2D eigenvalue weighted by atomic mass is 16.5. The van der Waals surface area contributed by atoms with Crippen LogP contribution in [0.1, 0.15) is 10.4 Å². The lowest BCUT2D eigenvalue weighted by molar-refractivity contribution is -0.145. The molecule has 7 heteroatoms. The molecule has 2 fully saturated rings. The first kappa shape index (κ1) is 14.0. The average Bonchev–Trinajstić information content (AvgIpc) is 3.24. The van der Waals surface area contributed by atoms with Gasteiger partial charge in [0, 0.05) is 5.56 Å². The first-order valence-corrected chi connectivity index (χ1v) is 7.27. The fourth-order valence-corrected chi connectivity index (χ4v) is 3.32. The molecule has 0 aromatic heterocycles. The van der Waals surface area contributed by atoms with Gasteiger partial charge >= 0.3 is 0 Å². The first-order valence-electron chi connectivity index (χ1n) is 7.27. The number of hydrazine groups is 1. The van der Waals surface area contributed by atoms with Gasteiger partial charge < -0.3 is 9.47 Å². The summed E-state index contributed by atoms with van der Waals surface area (Å²) in [5, 5.41) is 0.831. The van der Waals surface area contributed by atoms with Crippen LogP contribution in [0.4, 0.5) is 0 Å². The molecule has 4 atom stereocenters. The summed E-state index contributed by atoms with van der Waals surface area (Å²) in [6.07, 6.45) is 2.85. The molecule has 1 N–H and O–H groups in total. The van der Waals surface area contributed by atoms with E-state index in [9.17, 15) is 14.4 Å². The van der Waals surface area contributed by atoms with E-state index in [0.29, 0.717) is 11.3 Å². The Morgan fingerprint density at radius 3 is 2.17 bits per heavy atom. The molecule has 3 heterocycles. The number of nitrogens with one attached hydrogen (secondary N) is 1. The summed E-state index contributed by atoms with van der Waals surface area (Å²) < 4.78 is 10.6. The molecule has 3 aliphatic rings. The van der Waals surface area contributed by atoms with Crippen molar-refractivity contribution in [2.24, 2.45) is 11.8 Å². The maximum atomic E-state index is 12.4. The Hall–Kier alpha value is -2.67. The minimum absolute atomic E-state index is 0.334. The van der Waals surface area contributed by atoms with Gasteiger partial charge in [0.25, 0.3) is 17.7 Å². The summed E-state index contributed by atoms with van der Waals surface area (Å²) in [4.78, 5) is 37.1. The molecule has 0 saturated carbocycles. The fourth-order valence-electron chi connectivity index (χ4n) is 3.32. The van der Waals surface area contributed by atoms with Crippen LogP contribution < -0.4 is 10.2 Å². The van der Waals surface area contributed by atoms with E-state index in [1.54, 1.807) is 36.4 Å². The number of nitrogens with zero attached hydrogens (tertiary/aromatic N) is 1. The largest absolute Gasteiger partial charge is 0.497 e. The SMILES string of the molecule is COc1ccc(C(=O)NN2C(=O)[C@@H]3[C@H](C2=O)[C@@H]2C=C[C@@H]3O2)cc1. The number of methoxy groups -OCH3 is 1. The van der Waals surface area contributed by atoms with Gasteiger partial charge in [-0.1, -0.05) is 12.2 Å². The molecule has 0 radical (unpaired) electrons. The molecule has 2 bridgehead atoms. The van der Waals surface area contributed by atoms with Crippen molar-refractivity contribution in [3.05, 3.63) is 42.0 Å². The van der Waals surface area contributed by atoms with Crippen LogP contribution >= 0.6 is 0 Å². The Labute approximate surface area is 131 Å². The van der Waals surface area contributed by atoms with Gasteiger partial charge in [-0.15, -0.1) is 0 Å². The second-order valence-electron chi connectivity index (χ2n) is 5.68. The van der Waals surface area contributed by atoms with E-state index in [2.05, 4.69) is 5.43 Å². The van der Waals surface area contributed by atoms with Crippen LogP contribution in [0.15, 0.2) is 36.4 Å². The van der Waals surface area contributed by atoms with Crippen molar-refractivity contribution in [3.8, 4) is 5.75 Å². The quantitative estimate of drug-likeness (QED) is 0.640. The molecule has 1 aromatic rings. The van der Waals surface area contributed by atoms with Crippen LogP contribution in [0, 0.1) is 11.8 Å². The highest BCUT2D eigenvalue weighted by molar-refractivity contribution is 6.09. The number of ether oxygens (including phenoxy) is 2. The van der Waals surface area contributed by atoms with Crippen LogP contribution in [0.5, 0.6) is 5.75 Å². The second kappa shape index (κ2) is 4.92. The van der Waals surface area contributed by atoms with E-state index in [-0.39, 0.29) is 12.2 Å². The predicted octanol–water partition coefficient (Wildman–Crippen LogP) is 0.278. The van der Waals surface area contributed by atoms with Gasteiger partial charge in [-0.25, -0.2) is 0 Å². The molecule has 0 unspecified atom stereocenters. The Morgan fingerprint density at radius 2 is 1.65 bits per heavy atom. The summed E-state index contributed by atoms with van der Waals surface area (Å²) in [7, 11) is 1.53. The highest BCUT2D eigenvalue weighted by Crippen LogP contribution is 2.44. The van der Waals surface area contributed by atoms with Crippen LogP contribution in [0.25, 0.3) is 0 Å². The number of rotatable bonds is 3. The van der Waals surface area contributed by atoms with E-state index in [0.717, 1.165) is 5.01 Å². The Bertz CT molecular complexity index is 696. The van der Waals surface area contributed by atoms with E-state index < -0.39 is 29.6 Å². The molecule has 118 valence electrons. The standard InChI is InChI=1S/C16H14N2O5/c1-22-9-4-2-8(3-5-9)14(19)17-18-15(20)12-10-6-7-11(23-10)13(12)16(18)21/h2-7,10-13H,1H3,(H,17,19)/t10-,11-,12-,13+/m0/s1. The zero-order chi connectivity index (χ0) is 16.1. The van der Waals surface area contributed by atoms with Gasteiger partial charge in [-0.05, 0) is 24.3 Å². The van der Waals surface area contributed by atoms with Crippen molar-refractivity contribution in [2.75, 3.05) is 7.11 Å². The summed E-state index contributed by atoms with van der Waals surface area (Å²) in [6, 6.07) is 6.40. The molecule has 0 aliphatic carbocycles. The van der Waals surface area contributed by atoms with Crippen LogP contribution in [-0.2, 0) is 14.3 Å². The Kier molecular flexibility index (Phi) is 2.99. The summed E-state index contributed by atoms with van der Waals surface area (Å²) >= 11 is 0. The zero-order valence-corrected chi connectivity index (χ0v) is 12.3. The number of imide groups is 1. The van der Waals surface area contributed by atoms with Gasteiger partial charge in [0.2, 0.25) is 0 Å². The van der Waals surface area contributed by atoms with Crippen molar-refractivity contribution in [1.29, 1.82) is 0 Å². The summed E-state index contributed by atoms with van der Waals surface area (Å²) in [6.45, 7) is 0. The van der Waals surface area contributed by atoms with Gasteiger partial charge in [-0.2, -0.15) is 5.01 Å². The lowest BCUT2D eigenvalue weighted by atomic mass is 9.85. The first-order chi connectivity index (χ1) is 11.1. The van der Waals surface area contributed by atoms with Crippen molar-refractivity contribution in [3.63, 3.8) is 0 Å². The maximum Gasteiger partial charge on any atom is 0.270 e. The number of fused-ring (bicyclic) bond motifs is 5. The maximum absolute atomic E-state index is 12.4. The minimum atomic E-state index is -0.534. The molecule has 0 spiro atoms. The monoisotopic (exact) mass is 314 g/mol. The van der Waals surface area contributed by atoms with E-state index >= 15 is 0 Å². The lowest BCUT2D eigenvalue weighted by Gasteiger charge is -2.18. The normalized spacial score (nSPS) is 30.7. The predicted molar refractivity (Wildman–Crippen MR) is 77.1 cm³/mol. The number of carbonyl (C=O) groups excluding carboxylic acids is 3. The molecule has 1 aromatic carbocycles. The Morgan fingerprint density at radius 1 is 1.09 bits per heavy atom. The summed E-state index contributed by atoms with van der Waals surface area (Å²) in [5.41, 5.74) is 2.73. The van der Waals surface area contributed by atoms with Crippen molar-refractivity contribution >= 4 is 17.7 Å².